The highest BCUT2D eigenvalue weighted by Crippen LogP contribution is 2.35. The monoisotopic (exact) mass is 408 g/mol. The number of ether oxygens (including phenoxy) is 2. The maximum atomic E-state index is 12.6. The van der Waals surface area contributed by atoms with Crippen LogP contribution in [0, 0.1) is 0 Å². The summed E-state index contributed by atoms with van der Waals surface area (Å²) < 4.78 is 10.5. The van der Waals surface area contributed by atoms with Crippen molar-refractivity contribution < 1.29 is 14.3 Å². The van der Waals surface area contributed by atoms with Gasteiger partial charge in [-0.3, -0.25) is 9.69 Å². The van der Waals surface area contributed by atoms with Crippen LogP contribution in [0.15, 0.2) is 36.4 Å². The van der Waals surface area contributed by atoms with E-state index in [9.17, 15) is 4.79 Å². The highest BCUT2D eigenvalue weighted by atomic mass is 35.5. The lowest BCUT2D eigenvalue weighted by molar-refractivity contribution is -0.117. The van der Waals surface area contributed by atoms with E-state index in [1.807, 2.05) is 12.1 Å². The van der Waals surface area contributed by atoms with Crippen molar-refractivity contribution in [2.24, 2.45) is 0 Å². The first kappa shape index (κ1) is 19.8. The second-order valence-corrected chi connectivity index (χ2v) is 7.23. The first-order valence-corrected chi connectivity index (χ1v) is 9.48. The summed E-state index contributed by atoms with van der Waals surface area (Å²) in [6, 6.07) is 11.1. The molecule has 0 aromatic heterocycles. The number of nitrogens with zero attached hydrogens (tertiary/aromatic N) is 1. The average Bonchev–Trinajstić information content (AvgIpc) is 3.12. The molecule has 1 heterocycles. The normalized spacial score (nSPS) is 17.0. The number of amides is 1. The van der Waals surface area contributed by atoms with Gasteiger partial charge in [0.1, 0.15) is 11.5 Å². The third-order valence-electron chi connectivity index (χ3n) is 4.72. The fourth-order valence-corrected chi connectivity index (χ4v) is 3.70. The summed E-state index contributed by atoms with van der Waals surface area (Å²) >= 11 is 12.2. The van der Waals surface area contributed by atoms with Gasteiger partial charge in [-0.15, -0.1) is 0 Å². The van der Waals surface area contributed by atoms with Crippen LogP contribution in [0.2, 0.25) is 10.0 Å². The Labute approximate surface area is 169 Å². The molecule has 1 saturated heterocycles. The van der Waals surface area contributed by atoms with Crippen molar-refractivity contribution in [1.82, 2.24) is 4.90 Å². The molecule has 2 aromatic rings. The summed E-state index contributed by atoms with van der Waals surface area (Å²) in [5.74, 6) is 1.14. The van der Waals surface area contributed by atoms with Crippen LogP contribution >= 0.6 is 23.2 Å². The third-order valence-corrected chi connectivity index (χ3v) is 5.46. The van der Waals surface area contributed by atoms with Gasteiger partial charge in [-0.2, -0.15) is 0 Å². The largest absolute Gasteiger partial charge is 0.497 e. The van der Waals surface area contributed by atoms with E-state index in [1.54, 1.807) is 38.5 Å². The molecule has 1 N–H and O–H groups in total. The number of carbonyl (C=O) groups excluding carboxylic acids is 1. The van der Waals surface area contributed by atoms with Crippen LogP contribution in [-0.2, 0) is 4.79 Å². The Kier molecular flexibility index (Phi) is 6.47. The Bertz CT molecular complexity index is 829. The average molecular weight is 409 g/mol. The van der Waals surface area contributed by atoms with Crippen LogP contribution in [0.4, 0.5) is 5.69 Å². The minimum Gasteiger partial charge on any atom is -0.497 e. The molecule has 0 saturated carbocycles. The molecular formula is C20H22Cl2N2O3. The Morgan fingerprint density at radius 3 is 2.67 bits per heavy atom. The quantitative estimate of drug-likeness (QED) is 0.746. The van der Waals surface area contributed by atoms with Crippen molar-refractivity contribution in [2.75, 3.05) is 32.6 Å². The summed E-state index contributed by atoms with van der Waals surface area (Å²) in [6.07, 6.45) is 2.02. The molecule has 3 rings (SSSR count). The number of benzene rings is 2. The highest BCUT2D eigenvalue weighted by Gasteiger charge is 2.28. The number of nitrogens with one attached hydrogen (secondary N) is 1. The molecule has 1 unspecified atom stereocenters. The standard InChI is InChI=1S/C20H22Cl2N2O3/c1-26-14-6-8-17(19(11-14)27-2)23-20(25)12-24-9-3-4-18(24)13-5-7-15(21)16(22)10-13/h5-8,10-11,18H,3-4,9,12H2,1-2H3,(H,23,25). The van der Waals surface area contributed by atoms with E-state index in [-0.39, 0.29) is 11.9 Å². The van der Waals surface area contributed by atoms with Gasteiger partial charge in [0, 0.05) is 12.1 Å². The van der Waals surface area contributed by atoms with Gasteiger partial charge in [0.05, 0.1) is 36.5 Å². The number of carbonyl (C=O) groups is 1. The Hall–Kier alpha value is -1.95. The molecule has 1 fully saturated rings. The maximum Gasteiger partial charge on any atom is 0.238 e. The summed E-state index contributed by atoms with van der Waals surface area (Å²) in [4.78, 5) is 14.8. The van der Waals surface area contributed by atoms with Gasteiger partial charge in [-0.25, -0.2) is 0 Å². The van der Waals surface area contributed by atoms with E-state index in [0.29, 0.717) is 33.8 Å². The van der Waals surface area contributed by atoms with Crippen LogP contribution in [0.5, 0.6) is 11.5 Å². The second kappa shape index (κ2) is 8.83. The van der Waals surface area contributed by atoms with Gasteiger partial charge < -0.3 is 14.8 Å². The molecule has 0 aliphatic carbocycles. The van der Waals surface area contributed by atoms with E-state index in [0.717, 1.165) is 24.9 Å². The summed E-state index contributed by atoms with van der Waals surface area (Å²) in [7, 11) is 3.15. The molecular weight excluding hydrogens is 387 g/mol. The molecule has 2 aromatic carbocycles. The van der Waals surface area contributed by atoms with Gasteiger partial charge in [0.25, 0.3) is 0 Å². The number of methoxy groups -OCH3 is 2. The summed E-state index contributed by atoms with van der Waals surface area (Å²) in [5, 5.41) is 4.00. The predicted octanol–water partition coefficient (Wildman–Crippen LogP) is 4.79. The van der Waals surface area contributed by atoms with Gasteiger partial charge >= 0.3 is 0 Å². The number of anilines is 1. The Morgan fingerprint density at radius 2 is 1.96 bits per heavy atom. The number of hydrogen-bond donors (Lipinski definition) is 1. The maximum absolute atomic E-state index is 12.6. The smallest absolute Gasteiger partial charge is 0.238 e. The fraction of sp³-hybridized carbons (Fsp3) is 0.350. The predicted molar refractivity (Wildman–Crippen MR) is 108 cm³/mol. The van der Waals surface area contributed by atoms with Crippen molar-refractivity contribution in [3.8, 4) is 11.5 Å². The zero-order valence-corrected chi connectivity index (χ0v) is 16.8. The van der Waals surface area contributed by atoms with Crippen LogP contribution in [0.25, 0.3) is 0 Å². The molecule has 5 nitrogen and oxygen atoms in total. The highest BCUT2D eigenvalue weighted by molar-refractivity contribution is 6.42. The van der Waals surface area contributed by atoms with Gasteiger partial charge in [-0.1, -0.05) is 29.3 Å². The van der Waals surface area contributed by atoms with Gasteiger partial charge in [0.2, 0.25) is 5.91 Å². The minimum atomic E-state index is -0.0922. The molecule has 1 atom stereocenters. The lowest BCUT2D eigenvalue weighted by Gasteiger charge is -2.24. The summed E-state index contributed by atoms with van der Waals surface area (Å²) in [5.41, 5.74) is 1.70. The second-order valence-electron chi connectivity index (χ2n) is 6.42. The number of hydrogen-bond acceptors (Lipinski definition) is 4. The van der Waals surface area contributed by atoms with E-state index in [2.05, 4.69) is 10.2 Å². The Morgan fingerprint density at radius 1 is 1.15 bits per heavy atom. The SMILES string of the molecule is COc1ccc(NC(=O)CN2CCCC2c2ccc(Cl)c(Cl)c2)c(OC)c1. The van der Waals surface area contributed by atoms with E-state index in [1.165, 1.54) is 0 Å². The summed E-state index contributed by atoms with van der Waals surface area (Å²) in [6.45, 7) is 1.15. The molecule has 1 aliphatic rings. The van der Waals surface area contributed by atoms with Crippen molar-refractivity contribution in [2.45, 2.75) is 18.9 Å². The zero-order chi connectivity index (χ0) is 19.4. The lowest BCUT2D eigenvalue weighted by atomic mass is 10.0. The van der Waals surface area contributed by atoms with Gasteiger partial charge in [0.15, 0.2) is 0 Å². The third kappa shape index (κ3) is 4.67. The van der Waals surface area contributed by atoms with Crippen molar-refractivity contribution in [1.29, 1.82) is 0 Å². The molecule has 27 heavy (non-hydrogen) atoms. The van der Waals surface area contributed by atoms with Crippen LogP contribution in [-0.4, -0.2) is 38.1 Å². The van der Waals surface area contributed by atoms with Crippen LogP contribution in [0.3, 0.4) is 0 Å². The number of likely N-dealkylation sites (tertiary alicyclic amines) is 1. The molecule has 7 heteroatoms. The van der Waals surface area contributed by atoms with Gasteiger partial charge in [-0.05, 0) is 49.2 Å². The molecule has 0 radical (unpaired) electrons. The minimum absolute atomic E-state index is 0.0922. The van der Waals surface area contributed by atoms with Crippen molar-refractivity contribution >= 4 is 34.8 Å². The lowest BCUT2D eigenvalue weighted by Crippen LogP contribution is -2.33. The zero-order valence-electron chi connectivity index (χ0n) is 15.3. The first-order valence-electron chi connectivity index (χ1n) is 8.72. The fourth-order valence-electron chi connectivity index (χ4n) is 3.39. The molecule has 1 aliphatic heterocycles. The number of halogens is 2. The molecule has 1 amide bonds. The topological polar surface area (TPSA) is 50.8 Å². The van der Waals surface area contributed by atoms with E-state index in [4.69, 9.17) is 32.7 Å². The van der Waals surface area contributed by atoms with Crippen LogP contribution in [0.1, 0.15) is 24.4 Å². The molecule has 144 valence electrons. The molecule has 0 spiro atoms. The first-order chi connectivity index (χ1) is 13.0. The molecule has 0 bridgehead atoms. The van der Waals surface area contributed by atoms with E-state index < -0.39 is 0 Å². The Balaban J connectivity index is 1.69. The van der Waals surface area contributed by atoms with Crippen LogP contribution < -0.4 is 14.8 Å². The van der Waals surface area contributed by atoms with Crippen molar-refractivity contribution in [3.63, 3.8) is 0 Å². The van der Waals surface area contributed by atoms with E-state index >= 15 is 0 Å². The van der Waals surface area contributed by atoms with Crippen molar-refractivity contribution in [3.05, 3.63) is 52.0 Å². The number of rotatable bonds is 6.